The summed E-state index contributed by atoms with van der Waals surface area (Å²) in [6.45, 7) is 2.63. The lowest BCUT2D eigenvalue weighted by Gasteiger charge is -2.36. The Labute approximate surface area is 72.5 Å². The van der Waals surface area contributed by atoms with E-state index in [4.69, 9.17) is 5.73 Å². The zero-order valence-corrected chi connectivity index (χ0v) is 7.86. The second-order valence-electron chi connectivity index (χ2n) is 3.40. The van der Waals surface area contributed by atoms with Crippen LogP contribution in [0.3, 0.4) is 0 Å². The van der Waals surface area contributed by atoms with E-state index in [2.05, 4.69) is 0 Å². The quantitative estimate of drug-likeness (QED) is 0.654. The van der Waals surface area contributed by atoms with Gasteiger partial charge in [-0.2, -0.15) is 11.8 Å². The minimum absolute atomic E-state index is 0.246. The molecule has 3 heteroatoms. The largest absolute Gasteiger partial charge is 0.389 e. The van der Waals surface area contributed by atoms with Crippen molar-refractivity contribution in [3.05, 3.63) is 0 Å². The van der Waals surface area contributed by atoms with E-state index < -0.39 is 5.60 Å². The third kappa shape index (κ3) is 2.10. The van der Waals surface area contributed by atoms with Crippen molar-refractivity contribution in [3.8, 4) is 0 Å². The van der Waals surface area contributed by atoms with Crippen LogP contribution in [0.4, 0.5) is 0 Å². The standard InChI is InChI=1S/C8H17NOS/c1-7(5-9)8(10)3-2-4-11-6-8/h7,10H,2-6,9H2,1H3. The highest BCUT2D eigenvalue weighted by Gasteiger charge is 2.34. The third-order valence-corrected chi connectivity index (χ3v) is 3.80. The predicted octanol–water partition coefficient (Wildman–Crippen LogP) is 0.839. The molecule has 0 saturated carbocycles. The summed E-state index contributed by atoms with van der Waals surface area (Å²) in [6, 6.07) is 0. The molecule has 0 aromatic rings. The van der Waals surface area contributed by atoms with Crippen molar-refractivity contribution in [3.63, 3.8) is 0 Å². The van der Waals surface area contributed by atoms with Gasteiger partial charge in [-0.1, -0.05) is 6.92 Å². The highest BCUT2D eigenvalue weighted by atomic mass is 32.2. The molecule has 0 aliphatic carbocycles. The van der Waals surface area contributed by atoms with Gasteiger partial charge in [0.25, 0.3) is 0 Å². The fraction of sp³-hybridized carbons (Fsp3) is 1.00. The first-order valence-corrected chi connectivity index (χ1v) is 5.35. The van der Waals surface area contributed by atoms with Crippen molar-refractivity contribution < 1.29 is 5.11 Å². The van der Waals surface area contributed by atoms with E-state index in [1.54, 1.807) is 0 Å². The lowest BCUT2D eigenvalue weighted by atomic mass is 9.86. The van der Waals surface area contributed by atoms with Gasteiger partial charge in [0.1, 0.15) is 0 Å². The molecule has 1 aliphatic heterocycles. The number of thioether (sulfide) groups is 1. The number of nitrogens with two attached hydrogens (primary N) is 1. The maximum atomic E-state index is 10.0. The molecule has 1 saturated heterocycles. The van der Waals surface area contributed by atoms with Gasteiger partial charge >= 0.3 is 0 Å². The highest BCUT2D eigenvalue weighted by Crippen LogP contribution is 2.32. The van der Waals surface area contributed by atoms with Gasteiger partial charge in [-0.05, 0) is 31.1 Å². The monoisotopic (exact) mass is 175 g/mol. The van der Waals surface area contributed by atoms with Gasteiger partial charge in [-0.25, -0.2) is 0 Å². The first kappa shape index (κ1) is 9.36. The lowest BCUT2D eigenvalue weighted by Crippen LogP contribution is -2.44. The molecule has 1 fully saturated rings. The van der Waals surface area contributed by atoms with Crippen LogP contribution >= 0.6 is 11.8 Å². The first-order valence-electron chi connectivity index (χ1n) is 4.19. The SMILES string of the molecule is CC(CN)C1(O)CCCSC1. The van der Waals surface area contributed by atoms with E-state index in [0.29, 0.717) is 6.54 Å². The highest BCUT2D eigenvalue weighted by molar-refractivity contribution is 7.99. The van der Waals surface area contributed by atoms with Crippen LogP contribution in [0.1, 0.15) is 19.8 Å². The number of hydrogen-bond acceptors (Lipinski definition) is 3. The summed E-state index contributed by atoms with van der Waals surface area (Å²) >= 11 is 1.84. The molecule has 0 bridgehead atoms. The average Bonchev–Trinajstić information content (AvgIpc) is 2.04. The van der Waals surface area contributed by atoms with E-state index in [-0.39, 0.29) is 5.92 Å². The second-order valence-corrected chi connectivity index (χ2v) is 4.50. The first-order chi connectivity index (χ1) is 5.19. The van der Waals surface area contributed by atoms with E-state index in [1.807, 2.05) is 18.7 Å². The molecule has 1 aliphatic rings. The fourth-order valence-electron chi connectivity index (χ4n) is 1.41. The Morgan fingerprint density at radius 2 is 2.45 bits per heavy atom. The minimum Gasteiger partial charge on any atom is -0.389 e. The maximum absolute atomic E-state index is 10.0. The molecule has 0 aromatic heterocycles. The summed E-state index contributed by atoms with van der Waals surface area (Å²) in [5.41, 5.74) is 5.04. The van der Waals surface area contributed by atoms with Gasteiger partial charge in [0.05, 0.1) is 5.60 Å². The van der Waals surface area contributed by atoms with Gasteiger partial charge < -0.3 is 10.8 Å². The van der Waals surface area contributed by atoms with Gasteiger partial charge in [0, 0.05) is 5.75 Å². The topological polar surface area (TPSA) is 46.2 Å². The van der Waals surface area contributed by atoms with Crippen LogP contribution in [0.2, 0.25) is 0 Å². The smallest absolute Gasteiger partial charge is 0.0775 e. The number of hydrogen-bond donors (Lipinski definition) is 2. The predicted molar refractivity (Wildman–Crippen MR) is 49.7 cm³/mol. The van der Waals surface area contributed by atoms with Crippen LogP contribution in [0, 0.1) is 5.92 Å². The zero-order chi connectivity index (χ0) is 8.32. The number of aliphatic hydroxyl groups is 1. The molecule has 0 radical (unpaired) electrons. The van der Waals surface area contributed by atoms with Crippen LogP contribution in [-0.4, -0.2) is 28.8 Å². The Hall–Kier alpha value is 0.270. The van der Waals surface area contributed by atoms with Gasteiger partial charge in [0.15, 0.2) is 0 Å². The molecular formula is C8H17NOS. The van der Waals surface area contributed by atoms with Crippen LogP contribution in [-0.2, 0) is 0 Å². The summed E-state index contributed by atoms with van der Waals surface area (Å²) in [4.78, 5) is 0. The van der Waals surface area contributed by atoms with Crippen molar-refractivity contribution >= 4 is 11.8 Å². The Kier molecular flexibility index (Phi) is 3.22. The molecule has 0 aromatic carbocycles. The van der Waals surface area contributed by atoms with Crippen molar-refractivity contribution in [2.75, 3.05) is 18.1 Å². The molecular weight excluding hydrogens is 158 g/mol. The van der Waals surface area contributed by atoms with Crippen LogP contribution in [0.25, 0.3) is 0 Å². The summed E-state index contributed by atoms with van der Waals surface area (Å²) in [7, 11) is 0. The van der Waals surface area contributed by atoms with Crippen LogP contribution < -0.4 is 5.73 Å². The van der Waals surface area contributed by atoms with Crippen molar-refractivity contribution in [2.45, 2.75) is 25.4 Å². The molecule has 66 valence electrons. The molecule has 3 N–H and O–H groups in total. The summed E-state index contributed by atoms with van der Waals surface area (Å²) in [5.74, 6) is 2.31. The summed E-state index contributed by atoms with van der Waals surface area (Å²) in [5, 5.41) is 10.0. The van der Waals surface area contributed by atoms with Crippen LogP contribution in [0.5, 0.6) is 0 Å². The van der Waals surface area contributed by atoms with Crippen molar-refractivity contribution in [2.24, 2.45) is 11.7 Å². The second kappa shape index (κ2) is 3.78. The molecule has 2 nitrogen and oxygen atoms in total. The molecule has 1 heterocycles. The van der Waals surface area contributed by atoms with Gasteiger partial charge in [-0.3, -0.25) is 0 Å². The van der Waals surface area contributed by atoms with E-state index >= 15 is 0 Å². The zero-order valence-electron chi connectivity index (χ0n) is 7.05. The van der Waals surface area contributed by atoms with E-state index in [0.717, 1.165) is 18.6 Å². The maximum Gasteiger partial charge on any atom is 0.0775 e. The van der Waals surface area contributed by atoms with Gasteiger partial charge in [-0.15, -0.1) is 0 Å². The molecule has 11 heavy (non-hydrogen) atoms. The van der Waals surface area contributed by atoms with Crippen molar-refractivity contribution in [1.82, 2.24) is 0 Å². The van der Waals surface area contributed by atoms with Crippen molar-refractivity contribution in [1.29, 1.82) is 0 Å². The lowest BCUT2D eigenvalue weighted by molar-refractivity contribution is 0.00368. The molecule has 1 rings (SSSR count). The third-order valence-electron chi connectivity index (χ3n) is 2.52. The Morgan fingerprint density at radius 1 is 1.73 bits per heavy atom. The molecule has 2 atom stereocenters. The minimum atomic E-state index is -0.475. The normalized spacial score (nSPS) is 35.2. The molecule has 0 spiro atoms. The Balaban J connectivity index is 2.49. The molecule has 2 unspecified atom stereocenters. The molecule has 0 amide bonds. The van der Waals surface area contributed by atoms with E-state index in [1.165, 1.54) is 5.75 Å². The fourth-order valence-corrected chi connectivity index (χ4v) is 2.68. The Morgan fingerprint density at radius 3 is 2.91 bits per heavy atom. The average molecular weight is 175 g/mol. The van der Waals surface area contributed by atoms with Gasteiger partial charge in [0.2, 0.25) is 0 Å². The summed E-state index contributed by atoms with van der Waals surface area (Å²) in [6.07, 6.45) is 2.06. The van der Waals surface area contributed by atoms with Crippen LogP contribution in [0.15, 0.2) is 0 Å². The Bertz CT molecular complexity index is 123. The summed E-state index contributed by atoms with van der Waals surface area (Å²) < 4.78 is 0. The van der Waals surface area contributed by atoms with E-state index in [9.17, 15) is 5.11 Å². The number of rotatable bonds is 2.